The van der Waals surface area contributed by atoms with Crippen LogP contribution < -0.4 is 9.47 Å². The molecule has 0 aliphatic carbocycles. The van der Waals surface area contributed by atoms with Gasteiger partial charge in [-0.05, 0) is 36.6 Å². The van der Waals surface area contributed by atoms with Crippen LogP contribution in [0.25, 0.3) is 0 Å². The van der Waals surface area contributed by atoms with Crippen molar-refractivity contribution < 1.29 is 14.3 Å². The van der Waals surface area contributed by atoms with Gasteiger partial charge in [0.25, 0.3) is 5.24 Å². The lowest BCUT2D eigenvalue weighted by molar-refractivity contribution is -0.117. The molecule has 0 aliphatic rings. The van der Waals surface area contributed by atoms with Gasteiger partial charge in [0.2, 0.25) is 0 Å². The number of rotatable bonds is 16. The largest absolute Gasteiger partial charge is 0.493 e. The van der Waals surface area contributed by atoms with Crippen LogP contribution in [0.4, 0.5) is 0 Å². The Bertz CT molecular complexity index is 490. The Hall–Kier alpha value is -1.22. The number of hydrogen-bond acceptors (Lipinski definition) is 3. The van der Waals surface area contributed by atoms with Crippen molar-refractivity contribution in [3.05, 3.63) is 24.3 Å². The van der Waals surface area contributed by atoms with Crippen molar-refractivity contribution in [1.29, 1.82) is 0 Å². The van der Waals surface area contributed by atoms with Gasteiger partial charge < -0.3 is 9.47 Å². The molecule has 0 heterocycles. The van der Waals surface area contributed by atoms with Gasteiger partial charge in [-0.25, -0.2) is 0 Å². The molecule has 0 aliphatic heterocycles. The molecular formula is C22H35ClO3. The zero-order valence-corrected chi connectivity index (χ0v) is 17.2. The first-order chi connectivity index (χ1) is 12.7. The summed E-state index contributed by atoms with van der Waals surface area (Å²) >= 11 is 5.52. The minimum atomic E-state index is -0.603. The van der Waals surface area contributed by atoms with Crippen LogP contribution >= 0.6 is 11.6 Å². The van der Waals surface area contributed by atoms with Crippen LogP contribution in [0.1, 0.15) is 84.5 Å². The van der Waals surface area contributed by atoms with E-state index in [1.54, 1.807) is 0 Å². The summed E-state index contributed by atoms with van der Waals surface area (Å²) in [6, 6.07) is 7.41. The zero-order chi connectivity index (χ0) is 19.0. The van der Waals surface area contributed by atoms with Gasteiger partial charge in [-0.15, -0.1) is 0 Å². The summed E-state index contributed by atoms with van der Waals surface area (Å²) in [5, 5.41) is -0.468. The number of carbonyl (C=O) groups is 1. The van der Waals surface area contributed by atoms with Crippen molar-refractivity contribution in [1.82, 2.24) is 0 Å². The number of hydrogen-bond donors (Lipinski definition) is 0. The second-order valence-electron chi connectivity index (χ2n) is 6.82. The van der Waals surface area contributed by atoms with Crippen LogP contribution in [-0.4, -0.2) is 18.0 Å². The molecule has 1 rings (SSSR count). The fraction of sp³-hybridized carbons (Fsp3) is 0.682. The first kappa shape index (κ1) is 22.8. The van der Waals surface area contributed by atoms with Gasteiger partial charge in [0, 0.05) is 6.07 Å². The average molecular weight is 383 g/mol. The second kappa shape index (κ2) is 14.9. The molecule has 4 heteroatoms. The van der Waals surface area contributed by atoms with Gasteiger partial charge >= 0.3 is 0 Å². The van der Waals surface area contributed by atoms with Crippen LogP contribution in [0, 0.1) is 0 Å². The van der Waals surface area contributed by atoms with Gasteiger partial charge in [-0.3, -0.25) is 4.79 Å². The number of halogens is 1. The normalized spacial score (nSPS) is 12.0. The van der Waals surface area contributed by atoms with Gasteiger partial charge in [-0.2, -0.15) is 0 Å². The maximum Gasteiger partial charge on any atom is 0.262 e. The molecule has 1 aromatic carbocycles. The Morgan fingerprint density at radius 3 is 2.08 bits per heavy atom. The molecule has 0 N–H and O–H groups in total. The molecule has 26 heavy (non-hydrogen) atoms. The van der Waals surface area contributed by atoms with E-state index in [-0.39, 0.29) is 0 Å². The second-order valence-corrected chi connectivity index (χ2v) is 7.20. The van der Waals surface area contributed by atoms with Crippen LogP contribution in [-0.2, 0) is 4.79 Å². The van der Waals surface area contributed by atoms with Crippen LogP contribution in [0.2, 0.25) is 0 Å². The average Bonchev–Trinajstić information content (AvgIpc) is 2.64. The van der Waals surface area contributed by atoms with Crippen LogP contribution in [0.15, 0.2) is 24.3 Å². The van der Waals surface area contributed by atoms with Crippen molar-refractivity contribution in [3.8, 4) is 11.5 Å². The smallest absolute Gasteiger partial charge is 0.262 e. The van der Waals surface area contributed by atoms with Crippen molar-refractivity contribution in [2.45, 2.75) is 90.6 Å². The molecule has 3 nitrogen and oxygen atoms in total. The minimum absolute atomic E-state index is 0.468. The third kappa shape index (κ3) is 10.7. The van der Waals surface area contributed by atoms with Crippen molar-refractivity contribution in [3.63, 3.8) is 0 Å². The minimum Gasteiger partial charge on any atom is -0.493 e. The van der Waals surface area contributed by atoms with E-state index in [1.807, 2.05) is 31.2 Å². The summed E-state index contributed by atoms with van der Waals surface area (Å²) in [7, 11) is 0. The monoisotopic (exact) mass is 382 g/mol. The first-order valence-corrected chi connectivity index (χ1v) is 10.6. The van der Waals surface area contributed by atoms with Crippen LogP contribution in [0.5, 0.6) is 11.5 Å². The van der Waals surface area contributed by atoms with Crippen molar-refractivity contribution in [2.24, 2.45) is 0 Å². The third-order valence-electron chi connectivity index (χ3n) is 4.47. The van der Waals surface area contributed by atoms with E-state index in [0.29, 0.717) is 18.8 Å². The van der Waals surface area contributed by atoms with E-state index in [4.69, 9.17) is 21.1 Å². The lowest BCUT2D eigenvalue weighted by atomic mass is 10.1. The van der Waals surface area contributed by atoms with Gasteiger partial charge in [-0.1, -0.05) is 77.7 Å². The molecule has 0 amide bonds. The Labute approximate surface area is 164 Å². The third-order valence-corrected chi connectivity index (χ3v) is 4.72. The van der Waals surface area contributed by atoms with Crippen LogP contribution in [0.3, 0.4) is 0 Å². The topological polar surface area (TPSA) is 35.5 Å². The molecule has 1 aromatic rings. The van der Waals surface area contributed by atoms with Crippen molar-refractivity contribution >= 4 is 16.8 Å². The summed E-state index contributed by atoms with van der Waals surface area (Å²) in [5.41, 5.74) is 0. The lowest BCUT2D eigenvalue weighted by Crippen LogP contribution is -2.22. The highest BCUT2D eigenvalue weighted by Gasteiger charge is 2.15. The molecule has 148 valence electrons. The van der Waals surface area contributed by atoms with Crippen molar-refractivity contribution in [2.75, 3.05) is 6.61 Å². The van der Waals surface area contributed by atoms with E-state index in [0.717, 1.165) is 12.2 Å². The van der Waals surface area contributed by atoms with E-state index >= 15 is 0 Å². The highest BCUT2D eigenvalue weighted by atomic mass is 35.5. The number of unbranched alkanes of at least 4 members (excludes halogenated alkanes) is 9. The maximum atomic E-state index is 11.3. The highest BCUT2D eigenvalue weighted by molar-refractivity contribution is 6.64. The summed E-state index contributed by atoms with van der Waals surface area (Å²) in [6.45, 7) is 4.84. The fourth-order valence-corrected chi connectivity index (χ4v) is 3.07. The molecule has 0 aromatic heterocycles. The Kier molecular flexibility index (Phi) is 13.1. The van der Waals surface area contributed by atoms with Gasteiger partial charge in [0.1, 0.15) is 11.5 Å². The van der Waals surface area contributed by atoms with E-state index in [9.17, 15) is 4.79 Å². The molecule has 1 unspecified atom stereocenters. The quantitative estimate of drug-likeness (QED) is 0.230. The molecule has 0 saturated carbocycles. The molecule has 0 fully saturated rings. The Morgan fingerprint density at radius 2 is 1.50 bits per heavy atom. The lowest BCUT2D eigenvalue weighted by Gasteiger charge is -2.14. The van der Waals surface area contributed by atoms with Gasteiger partial charge in [0.15, 0.2) is 6.10 Å². The predicted molar refractivity (Wildman–Crippen MR) is 109 cm³/mol. The predicted octanol–water partition coefficient (Wildman–Crippen LogP) is 6.91. The van der Waals surface area contributed by atoms with E-state index in [2.05, 4.69) is 6.92 Å². The standard InChI is InChI=1S/C22H35ClO3/c1-3-5-6-7-8-9-10-11-12-13-17-25-19-15-14-16-20(18-19)26-21(4-2)22(23)24/h14-16,18,21H,3-13,17H2,1-2H3. The molecule has 0 radical (unpaired) electrons. The molecule has 1 atom stereocenters. The zero-order valence-electron chi connectivity index (χ0n) is 16.5. The molecular weight excluding hydrogens is 348 g/mol. The number of benzene rings is 1. The van der Waals surface area contributed by atoms with E-state index < -0.39 is 11.3 Å². The summed E-state index contributed by atoms with van der Waals surface area (Å²) < 4.78 is 11.4. The first-order valence-electron chi connectivity index (χ1n) is 10.3. The Balaban J connectivity index is 2.12. The molecule has 0 saturated heterocycles. The summed E-state index contributed by atoms with van der Waals surface area (Å²) in [5.74, 6) is 1.39. The SMILES string of the molecule is CCCCCCCCCCCCOc1cccc(OC(CC)C(=O)Cl)c1. The summed E-state index contributed by atoms with van der Waals surface area (Å²) in [6.07, 6.45) is 13.1. The molecule has 0 bridgehead atoms. The highest BCUT2D eigenvalue weighted by Crippen LogP contribution is 2.22. The van der Waals surface area contributed by atoms with E-state index in [1.165, 1.54) is 57.8 Å². The molecule has 0 spiro atoms. The van der Waals surface area contributed by atoms with Gasteiger partial charge in [0.05, 0.1) is 6.61 Å². The number of ether oxygens (including phenoxy) is 2. The summed E-state index contributed by atoms with van der Waals surface area (Å²) in [4.78, 5) is 11.3. The Morgan fingerprint density at radius 1 is 0.923 bits per heavy atom. The maximum absolute atomic E-state index is 11.3. The number of carbonyl (C=O) groups excluding carboxylic acids is 1. The fourth-order valence-electron chi connectivity index (χ4n) is 2.87.